The van der Waals surface area contributed by atoms with Crippen molar-refractivity contribution in [2.45, 2.75) is 12.5 Å². The summed E-state index contributed by atoms with van der Waals surface area (Å²) in [5.41, 5.74) is 5.39. The Bertz CT molecular complexity index is 1480. The Hall–Kier alpha value is -4.11. The number of pyridine rings is 1. The molecule has 33 heavy (non-hydrogen) atoms. The highest BCUT2D eigenvalue weighted by Gasteiger charge is 2.37. The zero-order valence-electron chi connectivity index (χ0n) is 18.3. The molecule has 0 amide bonds. The first kappa shape index (κ1) is 19.6. The quantitative estimate of drug-likeness (QED) is 0.383. The number of nitrogens with zero attached hydrogens (tertiary/aromatic N) is 5. The monoisotopic (exact) mass is 441 g/mol. The maximum atomic E-state index is 10.1. The van der Waals surface area contributed by atoms with E-state index in [0.29, 0.717) is 18.9 Å². The number of nitrogens with one attached hydrogen (secondary N) is 2. The normalized spacial score (nSPS) is 15.1. The fourth-order valence-electron chi connectivity index (χ4n) is 4.33. The van der Waals surface area contributed by atoms with Gasteiger partial charge in [0.25, 0.3) is 0 Å². The molecule has 3 N–H and O–H groups in total. The van der Waals surface area contributed by atoms with Gasteiger partial charge in [-0.05, 0) is 31.2 Å². The van der Waals surface area contributed by atoms with Crippen molar-refractivity contribution in [2.75, 3.05) is 30.4 Å². The minimum atomic E-state index is -0.656. The first-order valence-electron chi connectivity index (χ1n) is 10.7. The molecule has 1 aliphatic heterocycles. The van der Waals surface area contributed by atoms with Crippen LogP contribution >= 0.6 is 0 Å². The SMILES string of the molecule is COc1cc(Nc2nc(-c3cnc4cc[nH]c4c3)cn3ccnc23)ccc1N1CC(C)(O)C1. The van der Waals surface area contributed by atoms with Crippen LogP contribution in [0.15, 0.2) is 61.3 Å². The number of aromatic nitrogens is 5. The van der Waals surface area contributed by atoms with E-state index in [1.165, 1.54) is 0 Å². The van der Waals surface area contributed by atoms with Gasteiger partial charge in [-0.3, -0.25) is 4.98 Å². The maximum Gasteiger partial charge on any atom is 0.180 e. The first-order valence-corrected chi connectivity index (χ1v) is 10.7. The molecule has 0 saturated carbocycles. The lowest BCUT2D eigenvalue weighted by Crippen LogP contribution is -2.60. The predicted octanol–water partition coefficient (Wildman–Crippen LogP) is 3.60. The van der Waals surface area contributed by atoms with Gasteiger partial charge in [-0.25, -0.2) is 9.97 Å². The molecule has 0 unspecified atom stereocenters. The topological polar surface area (TPSA) is 104 Å². The highest BCUT2D eigenvalue weighted by Crippen LogP contribution is 2.37. The third-order valence-electron chi connectivity index (χ3n) is 5.91. The highest BCUT2D eigenvalue weighted by atomic mass is 16.5. The number of β-amino-alcohol motifs (C(OH)–C–C–N with tert-alkyl or cyclic N) is 1. The fourth-order valence-corrected chi connectivity index (χ4v) is 4.33. The Morgan fingerprint density at radius 3 is 2.88 bits per heavy atom. The van der Waals surface area contributed by atoms with E-state index in [4.69, 9.17) is 9.72 Å². The minimum absolute atomic E-state index is 0.577. The van der Waals surface area contributed by atoms with Crippen LogP contribution in [0.5, 0.6) is 5.75 Å². The van der Waals surface area contributed by atoms with Crippen LogP contribution in [0.1, 0.15) is 6.92 Å². The second kappa shape index (κ2) is 7.21. The molecule has 9 nitrogen and oxygen atoms in total. The van der Waals surface area contributed by atoms with Crippen LogP contribution in [0.4, 0.5) is 17.2 Å². The zero-order chi connectivity index (χ0) is 22.6. The number of imidazole rings is 1. The summed E-state index contributed by atoms with van der Waals surface area (Å²) in [7, 11) is 1.65. The second-order valence-corrected chi connectivity index (χ2v) is 8.63. The lowest BCUT2D eigenvalue weighted by molar-refractivity contribution is 0.0308. The van der Waals surface area contributed by atoms with Gasteiger partial charge in [0, 0.05) is 61.4 Å². The van der Waals surface area contributed by atoms with Gasteiger partial charge in [0.15, 0.2) is 11.5 Å². The van der Waals surface area contributed by atoms with Crippen LogP contribution in [0.25, 0.3) is 27.9 Å². The summed E-state index contributed by atoms with van der Waals surface area (Å²) >= 11 is 0. The third kappa shape index (κ3) is 3.42. The van der Waals surface area contributed by atoms with Crippen molar-refractivity contribution in [3.63, 3.8) is 0 Å². The maximum absolute atomic E-state index is 10.1. The van der Waals surface area contributed by atoms with Gasteiger partial charge in [0.2, 0.25) is 0 Å². The molecule has 6 rings (SSSR count). The molecule has 0 bridgehead atoms. The van der Waals surface area contributed by atoms with Crippen LogP contribution in [0.3, 0.4) is 0 Å². The van der Waals surface area contributed by atoms with Gasteiger partial charge in [-0.15, -0.1) is 0 Å². The molecule has 4 aromatic heterocycles. The Balaban J connectivity index is 1.36. The number of H-pyrrole nitrogens is 1. The average Bonchev–Trinajstić information content (AvgIpc) is 3.46. The summed E-state index contributed by atoms with van der Waals surface area (Å²) in [6.45, 7) is 2.99. The van der Waals surface area contributed by atoms with Crippen molar-refractivity contribution in [1.29, 1.82) is 0 Å². The molecule has 5 heterocycles. The minimum Gasteiger partial charge on any atom is -0.495 e. The number of anilines is 3. The molecule has 9 heteroatoms. The molecule has 1 aliphatic rings. The van der Waals surface area contributed by atoms with Gasteiger partial charge in [-0.2, -0.15) is 0 Å². The van der Waals surface area contributed by atoms with Crippen LogP contribution in [0.2, 0.25) is 0 Å². The van der Waals surface area contributed by atoms with Crippen LogP contribution in [-0.2, 0) is 0 Å². The number of benzene rings is 1. The number of aromatic amines is 1. The van der Waals surface area contributed by atoms with Gasteiger partial charge < -0.3 is 29.4 Å². The summed E-state index contributed by atoms with van der Waals surface area (Å²) < 4.78 is 7.57. The highest BCUT2D eigenvalue weighted by molar-refractivity contribution is 5.81. The van der Waals surface area contributed by atoms with Crippen molar-refractivity contribution in [3.05, 3.63) is 61.3 Å². The smallest absolute Gasteiger partial charge is 0.180 e. The largest absolute Gasteiger partial charge is 0.495 e. The third-order valence-corrected chi connectivity index (χ3v) is 5.91. The summed E-state index contributed by atoms with van der Waals surface area (Å²) in [5, 5.41) is 13.5. The zero-order valence-corrected chi connectivity index (χ0v) is 18.3. The standard InChI is InChI=1S/C24H23N7O2/c1-24(32)13-31(14-24)20-4-3-16(10-21(20)33-2)28-22-23-26-7-8-30(23)12-19(29-22)15-9-18-17(27-11-15)5-6-25-18/h3-12,25,32H,13-14H2,1-2H3,(H,28,29). The van der Waals surface area contributed by atoms with E-state index >= 15 is 0 Å². The number of rotatable bonds is 5. The van der Waals surface area contributed by atoms with Crippen molar-refractivity contribution >= 4 is 33.9 Å². The molecule has 0 aliphatic carbocycles. The Morgan fingerprint density at radius 2 is 2.06 bits per heavy atom. The Morgan fingerprint density at radius 1 is 1.18 bits per heavy atom. The molecule has 0 atom stereocenters. The summed E-state index contributed by atoms with van der Waals surface area (Å²) in [6.07, 6.45) is 9.28. The Kier molecular flexibility index (Phi) is 4.27. The van der Waals surface area contributed by atoms with E-state index in [1.807, 2.05) is 66.4 Å². The van der Waals surface area contributed by atoms with E-state index < -0.39 is 5.60 Å². The molecule has 166 valence electrons. The van der Waals surface area contributed by atoms with E-state index in [0.717, 1.165) is 45.1 Å². The molecule has 1 saturated heterocycles. The van der Waals surface area contributed by atoms with Crippen molar-refractivity contribution < 1.29 is 9.84 Å². The average molecular weight is 441 g/mol. The van der Waals surface area contributed by atoms with E-state index in [1.54, 1.807) is 13.3 Å². The van der Waals surface area contributed by atoms with Crippen molar-refractivity contribution in [3.8, 4) is 17.0 Å². The number of methoxy groups -OCH3 is 1. The number of hydrogen-bond acceptors (Lipinski definition) is 7. The van der Waals surface area contributed by atoms with E-state index in [2.05, 4.69) is 25.2 Å². The van der Waals surface area contributed by atoms with Crippen molar-refractivity contribution in [2.24, 2.45) is 0 Å². The molecule has 1 fully saturated rings. The number of hydrogen-bond donors (Lipinski definition) is 3. The number of fused-ring (bicyclic) bond motifs is 2. The Labute approximate surface area is 189 Å². The van der Waals surface area contributed by atoms with Crippen molar-refractivity contribution in [1.82, 2.24) is 24.3 Å². The van der Waals surface area contributed by atoms with Gasteiger partial charge in [-0.1, -0.05) is 0 Å². The van der Waals surface area contributed by atoms with Gasteiger partial charge in [0.1, 0.15) is 5.75 Å². The van der Waals surface area contributed by atoms with Gasteiger partial charge >= 0.3 is 0 Å². The number of ether oxygens (including phenoxy) is 1. The van der Waals surface area contributed by atoms with E-state index in [9.17, 15) is 5.11 Å². The molecule has 1 aromatic carbocycles. The lowest BCUT2D eigenvalue weighted by Gasteiger charge is -2.46. The summed E-state index contributed by atoms with van der Waals surface area (Å²) in [4.78, 5) is 19.1. The summed E-state index contributed by atoms with van der Waals surface area (Å²) in [5.74, 6) is 1.36. The van der Waals surface area contributed by atoms with Crippen LogP contribution < -0.4 is 15.0 Å². The molecule has 0 radical (unpaired) electrons. The molecule has 5 aromatic rings. The van der Waals surface area contributed by atoms with Gasteiger partial charge in [0.05, 0.1) is 35.1 Å². The van der Waals surface area contributed by atoms with Crippen LogP contribution in [0, 0.1) is 0 Å². The van der Waals surface area contributed by atoms with E-state index in [-0.39, 0.29) is 0 Å². The fraction of sp³-hybridized carbons (Fsp3) is 0.208. The predicted molar refractivity (Wildman–Crippen MR) is 127 cm³/mol. The van der Waals surface area contributed by atoms with Crippen LogP contribution in [-0.4, -0.2) is 55.2 Å². The molecular formula is C24H23N7O2. The summed E-state index contributed by atoms with van der Waals surface area (Å²) in [6, 6.07) is 9.88. The lowest BCUT2D eigenvalue weighted by atomic mass is 9.96. The molecular weight excluding hydrogens is 418 g/mol. The number of aliphatic hydroxyl groups is 1. The molecule has 0 spiro atoms. The first-order chi connectivity index (χ1) is 16.0. The second-order valence-electron chi connectivity index (χ2n) is 8.63.